The SMILES string of the molecule is C=C1CC[C@@H](C)[C@@H](C)O1. The van der Waals surface area contributed by atoms with Crippen molar-refractivity contribution in [1.82, 2.24) is 0 Å². The fourth-order valence-corrected chi connectivity index (χ4v) is 1.06. The second-order valence-electron chi connectivity index (χ2n) is 2.88. The molecule has 0 saturated carbocycles. The summed E-state index contributed by atoms with van der Waals surface area (Å²) in [6, 6.07) is 0. The highest BCUT2D eigenvalue weighted by Crippen LogP contribution is 2.25. The summed E-state index contributed by atoms with van der Waals surface area (Å²) < 4.78 is 5.40. The Morgan fingerprint density at radius 1 is 1.56 bits per heavy atom. The Balaban J connectivity index is 2.44. The molecule has 1 aliphatic rings. The Hall–Kier alpha value is -0.460. The lowest BCUT2D eigenvalue weighted by molar-refractivity contribution is 0.0461. The highest BCUT2D eigenvalue weighted by molar-refractivity contribution is 4.89. The summed E-state index contributed by atoms with van der Waals surface area (Å²) in [5, 5.41) is 0. The van der Waals surface area contributed by atoms with Crippen molar-refractivity contribution in [1.29, 1.82) is 0 Å². The molecule has 0 bridgehead atoms. The van der Waals surface area contributed by atoms with Crippen molar-refractivity contribution in [3.63, 3.8) is 0 Å². The summed E-state index contributed by atoms with van der Waals surface area (Å²) in [6.07, 6.45) is 2.66. The van der Waals surface area contributed by atoms with Gasteiger partial charge >= 0.3 is 0 Å². The fourth-order valence-electron chi connectivity index (χ4n) is 1.06. The van der Waals surface area contributed by atoms with Gasteiger partial charge < -0.3 is 4.74 Å². The van der Waals surface area contributed by atoms with Crippen LogP contribution in [0.5, 0.6) is 0 Å². The van der Waals surface area contributed by atoms with Gasteiger partial charge in [-0.05, 0) is 19.3 Å². The Morgan fingerprint density at radius 3 is 2.67 bits per heavy atom. The van der Waals surface area contributed by atoms with Crippen LogP contribution < -0.4 is 0 Å². The van der Waals surface area contributed by atoms with E-state index in [0.717, 1.165) is 12.2 Å². The molecule has 1 heteroatoms. The van der Waals surface area contributed by atoms with Crippen LogP contribution in [-0.4, -0.2) is 6.10 Å². The molecule has 1 aliphatic heterocycles. The predicted molar refractivity (Wildman–Crippen MR) is 38.1 cm³/mol. The van der Waals surface area contributed by atoms with E-state index in [4.69, 9.17) is 4.74 Å². The van der Waals surface area contributed by atoms with Crippen LogP contribution in [0.25, 0.3) is 0 Å². The van der Waals surface area contributed by atoms with E-state index in [1.165, 1.54) is 6.42 Å². The molecule has 1 nitrogen and oxygen atoms in total. The Labute approximate surface area is 56.7 Å². The second-order valence-corrected chi connectivity index (χ2v) is 2.88. The summed E-state index contributed by atoms with van der Waals surface area (Å²) in [5.41, 5.74) is 0. The van der Waals surface area contributed by atoms with Gasteiger partial charge in [0.1, 0.15) is 0 Å². The van der Waals surface area contributed by atoms with Crippen molar-refractivity contribution in [3.8, 4) is 0 Å². The number of ether oxygens (including phenoxy) is 1. The third kappa shape index (κ3) is 1.47. The Bertz CT molecular complexity index is 118. The average molecular weight is 126 g/mol. The van der Waals surface area contributed by atoms with Crippen LogP contribution in [0.3, 0.4) is 0 Å². The smallest absolute Gasteiger partial charge is 0.0979 e. The maximum atomic E-state index is 5.40. The third-order valence-electron chi connectivity index (χ3n) is 2.03. The molecule has 1 rings (SSSR count). The summed E-state index contributed by atoms with van der Waals surface area (Å²) in [4.78, 5) is 0. The first kappa shape index (κ1) is 6.66. The van der Waals surface area contributed by atoms with E-state index in [1.807, 2.05) is 0 Å². The molecule has 1 heterocycles. The van der Waals surface area contributed by atoms with Crippen LogP contribution >= 0.6 is 0 Å². The fraction of sp³-hybridized carbons (Fsp3) is 0.750. The predicted octanol–water partition coefficient (Wildman–Crippen LogP) is 2.34. The van der Waals surface area contributed by atoms with Crippen molar-refractivity contribution in [2.24, 2.45) is 5.92 Å². The van der Waals surface area contributed by atoms with E-state index in [0.29, 0.717) is 12.0 Å². The van der Waals surface area contributed by atoms with Crippen molar-refractivity contribution in [2.45, 2.75) is 32.8 Å². The first-order valence-electron chi connectivity index (χ1n) is 3.54. The van der Waals surface area contributed by atoms with Gasteiger partial charge in [-0.2, -0.15) is 0 Å². The molecule has 0 aromatic carbocycles. The number of hydrogen-bond acceptors (Lipinski definition) is 1. The Kier molecular flexibility index (Phi) is 1.79. The largest absolute Gasteiger partial charge is 0.495 e. The lowest BCUT2D eigenvalue weighted by atomic mass is 9.97. The molecule has 1 fully saturated rings. The first-order valence-corrected chi connectivity index (χ1v) is 3.54. The Morgan fingerprint density at radius 2 is 2.22 bits per heavy atom. The molecule has 52 valence electrons. The summed E-state index contributed by atoms with van der Waals surface area (Å²) >= 11 is 0. The molecule has 1 saturated heterocycles. The number of allylic oxidation sites excluding steroid dienone is 1. The van der Waals surface area contributed by atoms with Gasteiger partial charge in [-0.1, -0.05) is 13.5 Å². The minimum Gasteiger partial charge on any atom is -0.495 e. The summed E-state index contributed by atoms with van der Waals surface area (Å²) in [6.45, 7) is 8.10. The highest BCUT2D eigenvalue weighted by Gasteiger charge is 2.19. The molecule has 9 heavy (non-hydrogen) atoms. The van der Waals surface area contributed by atoms with E-state index in [2.05, 4.69) is 20.4 Å². The maximum Gasteiger partial charge on any atom is 0.0979 e. The van der Waals surface area contributed by atoms with Crippen molar-refractivity contribution in [2.75, 3.05) is 0 Å². The van der Waals surface area contributed by atoms with Crippen molar-refractivity contribution in [3.05, 3.63) is 12.3 Å². The maximum absolute atomic E-state index is 5.40. The van der Waals surface area contributed by atoms with Crippen LogP contribution in [0.1, 0.15) is 26.7 Å². The summed E-state index contributed by atoms with van der Waals surface area (Å²) in [5.74, 6) is 1.66. The van der Waals surface area contributed by atoms with Crippen LogP contribution in [-0.2, 0) is 4.74 Å². The third-order valence-corrected chi connectivity index (χ3v) is 2.03. The lowest BCUT2D eigenvalue weighted by Gasteiger charge is -2.28. The molecule has 0 aromatic heterocycles. The van der Waals surface area contributed by atoms with Gasteiger partial charge in [0.2, 0.25) is 0 Å². The van der Waals surface area contributed by atoms with Gasteiger partial charge in [-0.15, -0.1) is 0 Å². The molecule has 0 N–H and O–H groups in total. The molecule has 0 aliphatic carbocycles. The lowest BCUT2D eigenvalue weighted by Crippen LogP contribution is -2.22. The standard InChI is InChI=1S/C8H14O/c1-6-4-5-7(2)9-8(6)3/h6,8H,2,4-5H2,1,3H3/t6-,8-/m1/s1. The molecular weight excluding hydrogens is 112 g/mol. The topological polar surface area (TPSA) is 9.23 Å². The molecule has 0 unspecified atom stereocenters. The monoisotopic (exact) mass is 126 g/mol. The molecular formula is C8H14O. The summed E-state index contributed by atoms with van der Waals surface area (Å²) in [7, 11) is 0. The van der Waals surface area contributed by atoms with E-state index < -0.39 is 0 Å². The quantitative estimate of drug-likeness (QED) is 0.484. The molecule has 2 atom stereocenters. The van der Waals surface area contributed by atoms with Gasteiger partial charge in [0.15, 0.2) is 0 Å². The normalized spacial score (nSPS) is 36.0. The van der Waals surface area contributed by atoms with Gasteiger partial charge in [-0.25, -0.2) is 0 Å². The van der Waals surface area contributed by atoms with Crippen molar-refractivity contribution >= 4 is 0 Å². The van der Waals surface area contributed by atoms with E-state index in [-0.39, 0.29) is 0 Å². The molecule has 0 radical (unpaired) electrons. The molecule has 0 aromatic rings. The zero-order valence-corrected chi connectivity index (χ0v) is 6.18. The average Bonchev–Trinajstić information content (AvgIpc) is 1.80. The zero-order chi connectivity index (χ0) is 6.85. The van der Waals surface area contributed by atoms with Crippen LogP contribution in [0.15, 0.2) is 12.3 Å². The van der Waals surface area contributed by atoms with Crippen LogP contribution in [0.4, 0.5) is 0 Å². The van der Waals surface area contributed by atoms with E-state index >= 15 is 0 Å². The second kappa shape index (κ2) is 2.42. The van der Waals surface area contributed by atoms with Crippen LogP contribution in [0.2, 0.25) is 0 Å². The number of hydrogen-bond donors (Lipinski definition) is 0. The van der Waals surface area contributed by atoms with E-state index in [9.17, 15) is 0 Å². The minimum atomic E-state index is 0.381. The van der Waals surface area contributed by atoms with Gasteiger partial charge in [0.05, 0.1) is 11.9 Å². The van der Waals surface area contributed by atoms with Gasteiger partial charge in [0, 0.05) is 6.42 Å². The zero-order valence-electron chi connectivity index (χ0n) is 6.18. The van der Waals surface area contributed by atoms with Gasteiger partial charge in [0.25, 0.3) is 0 Å². The van der Waals surface area contributed by atoms with Crippen molar-refractivity contribution < 1.29 is 4.74 Å². The van der Waals surface area contributed by atoms with Gasteiger partial charge in [-0.3, -0.25) is 0 Å². The van der Waals surface area contributed by atoms with E-state index in [1.54, 1.807) is 0 Å². The van der Waals surface area contributed by atoms with Crippen LogP contribution in [0, 0.1) is 5.92 Å². The highest BCUT2D eigenvalue weighted by atomic mass is 16.5. The molecule has 0 spiro atoms. The molecule has 0 amide bonds. The first-order chi connectivity index (χ1) is 4.20. The minimum absolute atomic E-state index is 0.381. The number of rotatable bonds is 0.